The molecule has 3 unspecified atom stereocenters. The average Bonchev–Trinajstić information content (AvgIpc) is 3.05. The molecule has 1 heterocycles. The lowest BCUT2D eigenvalue weighted by Crippen LogP contribution is -2.21. The van der Waals surface area contributed by atoms with E-state index >= 15 is 0 Å². The molecule has 2 aliphatic carbocycles. The minimum Gasteiger partial charge on any atom is -0.463 e. The zero-order valence-electron chi connectivity index (χ0n) is 12.0. The predicted octanol–water partition coefficient (Wildman–Crippen LogP) is 2.09. The number of hydrogen-bond acceptors (Lipinski definition) is 6. The van der Waals surface area contributed by atoms with Crippen molar-refractivity contribution < 1.29 is 4.74 Å². The molecule has 0 radical (unpaired) electrons. The fourth-order valence-corrected chi connectivity index (χ4v) is 3.56. The van der Waals surface area contributed by atoms with E-state index in [0.717, 1.165) is 30.7 Å². The summed E-state index contributed by atoms with van der Waals surface area (Å²) in [5.41, 5.74) is 5.69. The van der Waals surface area contributed by atoms with E-state index in [4.69, 9.17) is 10.5 Å². The first-order chi connectivity index (χ1) is 9.74. The summed E-state index contributed by atoms with van der Waals surface area (Å²) >= 11 is 0. The lowest BCUT2D eigenvalue weighted by molar-refractivity contribution is 0.292. The van der Waals surface area contributed by atoms with Crippen LogP contribution in [0.3, 0.4) is 0 Å². The van der Waals surface area contributed by atoms with Crippen LogP contribution in [0.1, 0.15) is 39.0 Å². The lowest BCUT2D eigenvalue weighted by Gasteiger charge is -2.21. The number of rotatable bonds is 6. The third kappa shape index (κ3) is 2.94. The van der Waals surface area contributed by atoms with Crippen molar-refractivity contribution in [2.75, 3.05) is 24.2 Å². The average molecular weight is 277 g/mol. The van der Waals surface area contributed by atoms with E-state index < -0.39 is 0 Å². The van der Waals surface area contributed by atoms with Crippen molar-refractivity contribution in [1.82, 2.24) is 15.0 Å². The molecular formula is C14H23N5O. The quantitative estimate of drug-likeness (QED) is 0.828. The molecule has 3 rings (SSSR count). The molecule has 2 fully saturated rings. The maximum atomic E-state index is 5.69. The summed E-state index contributed by atoms with van der Waals surface area (Å²) in [5, 5.41) is 3.31. The molecule has 2 bridgehead atoms. The molecule has 2 saturated carbocycles. The third-order valence-electron chi connectivity index (χ3n) is 4.47. The first-order valence-corrected chi connectivity index (χ1v) is 7.62. The molecule has 3 N–H and O–H groups in total. The summed E-state index contributed by atoms with van der Waals surface area (Å²) in [7, 11) is 0. The Labute approximate surface area is 119 Å². The summed E-state index contributed by atoms with van der Waals surface area (Å²) in [6.07, 6.45) is 6.49. The van der Waals surface area contributed by atoms with Crippen molar-refractivity contribution >= 4 is 11.9 Å². The molecule has 0 saturated heterocycles. The van der Waals surface area contributed by atoms with Gasteiger partial charge in [-0.2, -0.15) is 15.0 Å². The van der Waals surface area contributed by atoms with Crippen molar-refractivity contribution in [2.45, 2.75) is 39.0 Å². The first-order valence-electron chi connectivity index (χ1n) is 7.62. The van der Waals surface area contributed by atoms with E-state index in [-0.39, 0.29) is 5.95 Å². The van der Waals surface area contributed by atoms with Gasteiger partial charge in [0.2, 0.25) is 11.9 Å². The fourth-order valence-electron chi connectivity index (χ4n) is 3.56. The second-order valence-corrected chi connectivity index (χ2v) is 5.96. The molecule has 0 spiro atoms. The van der Waals surface area contributed by atoms with Crippen LogP contribution in [0.5, 0.6) is 6.01 Å². The Morgan fingerprint density at radius 1 is 1.25 bits per heavy atom. The van der Waals surface area contributed by atoms with E-state index in [1.165, 1.54) is 25.7 Å². The van der Waals surface area contributed by atoms with Crippen LogP contribution in [-0.4, -0.2) is 28.1 Å². The van der Waals surface area contributed by atoms with Crippen molar-refractivity contribution in [2.24, 2.45) is 17.8 Å². The molecule has 1 aromatic heterocycles. The SMILES string of the molecule is CCCOc1nc(N)nc(NCC2CC3CCC2C3)n1. The van der Waals surface area contributed by atoms with Gasteiger partial charge >= 0.3 is 6.01 Å². The summed E-state index contributed by atoms with van der Waals surface area (Å²) in [5.74, 6) is 3.35. The zero-order valence-corrected chi connectivity index (χ0v) is 12.0. The molecule has 110 valence electrons. The second kappa shape index (κ2) is 5.81. The fraction of sp³-hybridized carbons (Fsp3) is 0.786. The van der Waals surface area contributed by atoms with Crippen LogP contribution >= 0.6 is 0 Å². The molecule has 6 nitrogen and oxygen atoms in total. The second-order valence-electron chi connectivity index (χ2n) is 5.96. The van der Waals surface area contributed by atoms with E-state index in [2.05, 4.69) is 20.3 Å². The number of hydrogen-bond donors (Lipinski definition) is 2. The molecule has 0 aromatic carbocycles. The van der Waals surface area contributed by atoms with Gasteiger partial charge in [0.1, 0.15) is 0 Å². The highest BCUT2D eigenvalue weighted by atomic mass is 16.5. The highest BCUT2D eigenvalue weighted by Gasteiger charge is 2.39. The maximum absolute atomic E-state index is 5.69. The Morgan fingerprint density at radius 2 is 2.15 bits per heavy atom. The number of ether oxygens (including phenoxy) is 1. The van der Waals surface area contributed by atoms with E-state index in [1.807, 2.05) is 6.92 Å². The summed E-state index contributed by atoms with van der Waals surface area (Å²) < 4.78 is 5.42. The Morgan fingerprint density at radius 3 is 2.85 bits per heavy atom. The number of nitrogens with zero attached hydrogens (tertiary/aromatic N) is 3. The van der Waals surface area contributed by atoms with Gasteiger partial charge in [-0.15, -0.1) is 0 Å². The summed E-state index contributed by atoms with van der Waals surface area (Å²) in [6.45, 7) is 3.56. The van der Waals surface area contributed by atoms with E-state index in [0.29, 0.717) is 18.6 Å². The van der Waals surface area contributed by atoms with Gasteiger partial charge < -0.3 is 15.8 Å². The number of nitrogen functional groups attached to an aromatic ring is 1. The Balaban J connectivity index is 1.57. The van der Waals surface area contributed by atoms with E-state index in [9.17, 15) is 0 Å². The van der Waals surface area contributed by atoms with Crippen molar-refractivity contribution in [3.8, 4) is 6.01 Å². The van der Waals surface area contributed by atoms with Gasteiger partial charge in [0.15, 0.2) is 0 Å². The smallest absolute Gasteiger partial charge is 0.323 e. The van der Waals surface area contributed by atoms with Gasteiger partial charge in [-0.05, 0) is 43.4 Å². The maximum Gasteiger partial charge on any atom is 0.323 e. The van der Waals surface area contributed by atoms with E-state index in [1.54, 1.807) is 0 Å². The van der Waals surface area contributed by atoms with Gasteiger partial charge in [-0.1, -0.05) is 13.3 Å². The molecule has 0 aliphatic heterocycles. The largest absolute Gasteiger partial charge is 0.463 e. The molecule has 0 amide bonds. The van der Waals surface area contributed by atoms with Gasteiger partial charge in [0.25, 0.3) is 0 Å². The van der Waals surface area contributed by atoms with Crippen LogP contribution in [0.25, 0.3) is 0 Å². The number of aromatic nitrogens is 3. The molecule has 6 heteroatoms. The molecule has 2 aliphatic rings. The van der Waals surface area contributed by atoms with Crippen LogP contribution < -0.4 is 15.8 Å². The Bertz CT molecular complexity index is 467. The zero-order chi connectivity index (χ0) is 13.9. The van der Waals surface area contributed by atoms with Crippen LogP contribution in [0.4, 0.5) is 11.9 Å². The van der Waals surface area contributed by atoms with Gasteiger partial charge in [-0.25, -0.2) is 0 Å². The van der Waals surface area contributed by atoms with Crippen LogP contribution in [0, 0.1) is 17.8 Å². The topological polar surface area (TPSA) is 86.0 Å². The van der Waals surface area contributed by atoms with Gasteiger partial charge in [0.05, 0.1) is 6.61 Å². The van der Waals surface area contributed by atoms with Crippen LogP contribution in [-0.2, 0) is 0 Å². The van der Waals surface area contributed by atoms with Crippen LogP contribution in [0.2, 0.25) is 0 Å². The Hall–Kier alpha value is -1.59. The molecular weight excluding hydrogens is 254 g/mol. The van der Waals surface area contributed by atoms with Gasteiger partial charge in [0, 0.05) is 6.54 Å². The molecule has 20 heavy (non-hydrogen) atoms. The van der Waals surface area contributed by atoms with Crippen LogP contribution in [0.15, 0.2) is 0 Å². The molecule has 1 aromatic rings. The Kier molecular flexibility index (Phi) is 3.89. The normalized spacial score (nSPS) is 27.8. The minimum atomic E-state index is 0.210. The number of anilines is 2. The lowest BCUT2D eigenvalue weighted by atomic mass is 9.89. The third-order valence-corrected chi connectivity index (χ3v) is 4.47. The standard InChI is InChI=1S/C14H23N5O/c1-2-5-20-14-18-12(15)17-13(19-14)16-8-11-7-9-3-4-10(11)6-9/h9-11H,2-8H2,1H3,(H3,15,16,17,18,19). The van der Waals surface area contributed by atoms with Crippen molar-refractivity contribution in [3.05, 3.63) is 0 Å². The highest BCUT2D eigenvalue weighted by molar-refractivity contribution is 5.32. The minimum absolute atomic E-state index is 0.210. The predicted molar refractivity (Wildman–Crippen MR) is 77.5 cm³/mol. The number of nitrogens with two attached hydrogens (primary N) is 1. The highest BCUT2D eigenvalue weighted by Crippen LogP contribution is 2.48. The van der Waals surface area contributed by atoms with Gasteiger partial charge in [-0.3, -0.25) is 0 Å². The number of fused-ring (bicyclic) bond motifs is 2. The number of nitrogens with one attached hydrogen (secondary N) is 1. The monoisotopic (exact) mass is 277 g/mol. The van der Waals surface area contributed by atoms with Crippen molar-refractivity contribution in [3.63, 3.8) is 0 Å². The molecule has 3 atom stereocenters. The summed E-state index contributed by atoms with van der Waals surface area (Å²) in [6, 6.07) is 0.315. The first kappa shape index (κ1) is 13.4. The summed E-state index contributed by atoms with van der Waals surface area (Å²) in [4.78, 5) is 12.4. The van der Waals surface area contributed by atoms with Crippen molar-refractivity contribution in [1.29, 1.82) is 0 Å².